The van der Waals surface area contributed by atoms with Crippen LogP contribution < -0.4 is 0 Å². The average Bonchev–Trinajstić information content (AvgIpc) is 1.99. The number of nitrogens with zero attached hydrogens (tertiary/aromatic N) is 1. The highest BCUT2D eigenvalue weighted by Crippen LogP contribution is 2.30. The van der Waals surface area contributed by atoms with Gasteiger partial charge in [0.05, 0.1) is 6.26 Å². The number of sulfonamides is 1. The van der Waals surface area contributed by atoms with E-state index in [1.165, 1.54) is 12.7 Å². The van der Waals surface area contributed by atoms with Gasteiger partial charge in [-0.3, -0.25) is 0 Å². The lowest BCUT2D eigenvalue weighted by Gasteiger charge is -2.34. The highest BCUT2D eigenvalue weighted by atomic mass is 32.2. The minimum atomic E-state index is -2.98. The van der Waals surface area contributed by atoms with E-state index in [4.69, 9.17) is 0 Å². The zero-order valence-corrected chi connectivity index (χ0v) is 11.1. The molecule has 0 aliphatic carbocycles. The Kier molecular flexibility index (Phi) is 3.82. The topological polar surface area (TPSA) is 37.4 Å². The summed E-state index contributed by atoms with van der Waals surface area (Å²) in [6, 6.07) is 0. The van der Waals surface area contributed by atoms with E-state index < -0.39 is 10.0 Å². The molecule has 1 heterocycles. The number of hydrogen-bond donors (Lipinski definition) is 0. The molecule has 15 heavy (non-hydrogen) atoms. The van der Waals surface area contributed by atoms with Crippen LogP contribution in [0.25, 0.3) is 0 Å². The van der Waals surface area contributed by atoms with Crippen molar-refractivity contribution in [3.8, 4) is 0 Å². The van der Waals surface area contributed by atoms with Crippen LogP contribution in [0.2, 0.25) is 0 Å². The molecule has 0 amide bonds. The summed E-state index contributed by atoms with van der Waals surface area (Å²) in [5, 5.41) is 0. The van der Waals surface area contributed by atoms with Crippen LogP contribution in [0, 0.1) is 11.3 Å². The van der Waals surface area contributed by atoms with Gasteiger partial charge in [-0.2, -0.15) is 0 Å². The van der Waals surface area contributed by atoms with Crippen LogP contribution in [0.3, 0.4) is 0 Å². The summed E-state index contributed by atoms with van der Waals surface area (Å²) < 4.78 is 24.5. The van der Waals surface area contributed by atoms with Crippen LogP contribution in [0.15, 0.2) is 0 Å². The van der Waals surface area contributed by atoms with E-state index in [1.54, 1.807) is 4.31 Å². The first kappa shape index (κ1) is 13.0. The van der Waals surface area contributed by atoms with Gasteiger partial charge in [0.1, 0.15) is 0 Å². The molecular weight excluding hydrogens is 210 g/mol. The zero-order chi connectivity index (χ0) is 11.7. The molecule has 0 aromatic heterocycles. The van der Waals surface area contributed by atoms with Gasteiger partial charge in [-0.25, -0.2) is 12.7 Å². The van der Waals surface area contributed by atoms with Gasteiger partial charge in [-0.1, -0.05) is 20.8 Å². The Bertz CT molecular complexity index is 303. The van der Waals surface area contributed by atoms with Crippen LogP contribution in [0.1, 0.15) is 40.0 Å². The van der Waals surface area contributed by atoms with Crippen LogP contribution in [0.4, 0.5) is 0 Å². The quantitative estimate of drug-likeness (QED) is 0.732. The number of hydrogen-bond acceptors (Lipinski definition) is 2. The molecule has 1 aliphatic rings. The fourth-order valence-corrected chi connectivity index (χ4v) is 3.30. The summed E-state index contributed by atoms with van der Waals surface area (Å²) in [5.41, 5.74) is 0.297. The third kappa shape index (κ3) is 4.51. The fraction of sp³-hybridized carbons (Fsp3) is 1.00. The van der Waals surface area contributed by atoms with Gasteiger partial charge in [0.25, 0.3) is 0 Å². The second-order valence-electron chi connectivity index (χ2n) is 5.89. The predicted octanol–water partition coefficient (Wildman–Crippen LogP) is 2.09. The molecule has 0 saturated carbocycles. The summed E-state index contributed by atoms with van der Waals surface area (Å²) >= 11 is 0. The van der Waals surface area contributed by atoms with Gasteiger partial charge in [0, 0.05) is 13.1 Å². The Balaban J connectivity index is 2.57. The number of piperidine rings is 1. The van der Waals surface area contributed by atoms with Crippen LogP contribution in [-0.4, -0.2) is 32.1 Å². The third-order valence-electron chi connectivity index (χ3n) is 2.85. The SMILES string of the molecule is CC(C)(C)C[C@H]1CCCN(S(C)(=O)=O)C1. The Morgan fingerprint density at radius 2 is 1.93 bits per heavy atom. The second kappa shape index (κ2) is 4.42. The van der Waals surface area contributed by atoms with Crippen LogP contribution in [-0.2, 0) is 10.0 Å². The molecule has 1 aliphatic heterocycles. The smallest absolute Gasteiger partial charge is 0.211 e. The van der Waals surface area contributed by atoms with Crippen molar-refractivity contribution in [2.75, 3.05) is 19.3 Å². The molecule has 90 valence electrons. The molecule has 0 N–H and O–H groups in total. The first-order valence-electron chi connectivity index (χ1n) is 5.63. The van der Waals surface area contributed by atoms with Crippen molar-refractivity contribution in [1.82, 2.24) is 4.31 Å². The normalized spacial score (nSPS) is 25.5. The second-order valence-corrected chi connectivity index (χ2v) is 7.88. The van der Waals surface area contributed by atoms with E-state index in [-0.39, 0.29) is 0 Å². The van der Waals surface area contributed by atoms with E-state index in [1.807, 2.05) is 0 Å². The predicted molar refractivity (Wildman–Crippen MR) is 63.2 cm³/mol. The van der Waals surface area contributed by atoms with Crippen molar-refractivity contribution in [2.24, 2.45) is 11.3 Å². The average molecular weight is 233 g/mol. The Labute approximate surface area is 93.9 Å². The van der Waals surface area contributed by atoms with Crippen molar-refractivity contribution in [2.45, 2.75) is 40.0 Å². The Hall–Kier alpha value is -0.0900. The van der Waals surface area contributed by atoms with Crippen LogP contribution in [0.5, 0.6) is 0 Å². The maximum absolute atomic E-state index is 11.4. The number of rotatable bonds is 2. The van der Waals surface area contributed by atoms with Crippen molar-refractivity contribution in [1.29, 1.82) is 0 Å². The van der Waals surface area contributed by atoms with E-state index >= 15 is 0 Å². The molecule has 0 spiro atoms. The Morgan fingerprint density at radius 1 is 1.33 bits per heavy atom. The van der Waals surface area contributed by atoms with Gasteiger partial charge in [0.2, 0.25) is 10.0 Å². The Morgan fingerprint density at radius 3 is 2.40 bits per heavy atom. The third-order valence-corrected chi connectivity index (χ3v) is 4.12. The molecule has 0 radical (unpaired) electrons. The van der Waals surface area contributed by atoms with Gasteiger partial charge in [-0.05, 0) is 30.6 Å². The molecule has 4 heteroatoms. The molecule has 0 unspecified atom stereocenters. The molecule has 1 atom stereocenters. The van der Waals surface area contributed by atoms with Gasteiger partial charge < -0.3 is 0 Å². The van der Waals surface area contributed by atoms with E-state index in [0.717, 1.165) is 19.4 Å². The molecule has 3 nitrogen and oxygen atoms in total. The summed E-state index contributed by atoms with van der Waals surface area (Å²) in [6.45, 7) is 8.07. The highest BCUT2D eigenvalue weighted by molar-refractivity contribution is 7.88. The molecular formula is C11H23NO2S. The van der Waals surface area contributed by atoms with Crippen LogP contribution >= 0.6 is 0 Å². The molecule has 0 bridgehead atoms. The lowest BCUT2D eigenvalue weighted by atomic mass is 9.81. The molecule has 0 aromatic rings. The molecule has 1 fully saturated rings. The van der Waals surface area contributed by atoms with Gasteiger partial charge in [-0.15, -0.1) is 0 Å². The first-order chi connectivity index (χ1) is 6.68. The lowest BCUT2D eigenvalue weighted by molar-refractivity contribution is 0.201. The van der Waals surface area contributed by atoms with E-state index in [9.17, 15) is 8.42 Å². The van der Waals surface area contributed by atoms with Crippen molar-refractivity contribution < 1.29 is 8.42 Å². The van der Waals surface area contributed by atoms with E-state index in [2.05, 4.69) is 20.8 Å². The summed E-state index contributed by atoms with van der Waals surface area (Å²) in [6.07, 6.45) is 4.60. The van der Waals surface area contributed by atoms with Crippen molar-refractivity contribution in [3.63, 3.8) is 0 Å². The lowest BCUT2D eigenvalue weighted by Crippen LogP contribution is -2.40. The highest BCUT2D eigenvalue weighted by Gasteiger charge is 2.28. The van der Waals surface area contributed by atoms with E-state index in [0.29, 0.717) is 17.9 Å². The standard InChI is InChI=1S/C11H23NO2S/c1-11(2,3)8-10-6-5-7-12(9-10)15(4,13)14/h10H,5-9H2,1-4H3/t10-/m1/s1. The molecule has 0 aromatic carbocycles. The minimum Gasteiger partial charge on any atom is -0.213 e. The minimum absolute atomic E-state index is 0.297. The summed E-state index contributed by atoms with van der Waals surface area (Å²) in [7, 11) is -2.98. The molecule has 1 rings (SSSR count). The summed E-state index contributed by atoms with van der Waals surface area (Å²) in [5.74, 6) is 0.536. The largest absolute Gasteiger partial charge is 0.213 e. The first-order valence-corrected chi connectivity index (χ1v) is 7.48. The van der Waals surface area contributed by atoms with Gasteiger partial charge in [0.15, 0.2) is 0 Å². The van der Waals surface area contributed by atoms with Crippen molar-refractivity contribution in [3.05, 3.63) is 0 Å². The summed E-state index contributed by atoms with van der Waals surface area (Å²) in [4.78, 5) is 0. The van der Waals surface area contributed by atoms with Gasteiger partial charge >= 0.3 is 0 Å². The maximum atomic E-state index is 11.4. The van der Waals surface area contributed by atoms with Crippen molar-refractivity contribution >= 4 is 10.0 Å². The maximum Gasteiger partial charge on any atom is 0.211 e. The fourth-order valence-electron chi connectivity index (χ4n) is 2.36. The molecule has 1 saturated heterocycles. The zero-order valence-electron chi connectivity index (χ0n) is 10.3. The monoisotopic (exact) mass is 233 g/mol.